The number of aromatic nitrogens is 4. The Hall–Kier alpha value is -2.11. The van der Waals surface area contributed by atoms with Gasteiger partial charge in [0.05, 0.1) is 17.9 Å². The zero-order chi connectivity index (χ0) is 13.9. The molecule has 2 aromatic rings. The van der Waals surface area contributed by atoms with Gasteiger partial charge in [-0.2, -0.15) is 10.2 Å². The van der Waals surface area contributed by atoms with Crippen LogP contribution in [0, 0.1) is 6.92 Å². The third-order valence-corrected chi connectivity index (χ3v) is 3.77. The number of aromatic amines is 1. The molecule has 1 fully saturated rings. The van der Waals surface area contributed by atoms with Crippen molar-refractivity contribution in [3.8, 4) is 0 Å². The average molecular weight is 273 g/mol. The highest BCUT2D eigenvalue weighted by Crippen LogP contribution is 2.30. The van der Waals surface area contributed by atoms with Gasteiger partial charge in [0.2, 0.25) is 5.91 Å². The van der Waals surface area contributed by atoms with Crippen molar-refractivity contribution in [2.24, 2.45) is 0 Å². The van der Waals surface area contributed by atoms with E-state index < -0.39 is 0 Å². The van der Waals surface area contributed by atoms with Crippen LogP contribution in [0.25, 0.3) is 0 Å². The Morgan fingerprint density at radius 1 is 1.55 bits per heavy atom. The predicted octanol–water partition coefficient (Wildman–Crippen LogP) is 1.67. The Morgan fingerprint density at radius 2 is 2.45 bits per heavy atom. The number of nitrogens with one attached hydrogen (secondary N) is 1. The molecular weight excluding hydrogens is 254 g/mol. The fraction of sp³-hybridized carbons (Fsp3) is 0.500. The number of aryl methyl sites for hydroxylation is 2. The van der Waals surface area contributed by atoms with Crippen molar-refractivity contribution in [1.29, 1.82) is 0 Å². The van der Waals surface area contributed by atoms with E-state index in [0.29, 0.717) is 13.0 Å². The lowest BCUT2D eigenvalue weighted by molar-refractivity contribution is -0.132. The second-order valence-electron chi connectivity index (χ2n) is 5.29. The van der Waals surface area contributed by atoms with Crippen LogP contribution in [0.5, 0.6) is 0 Å². The Balaban J connectivity index is 1.61. The van der Waals surface area contributed by atoms with E-state index in [1.807, 2.05) is 35.0 Å². The molecule has 1 N–H and O–H groups in total. The van der Waals surface area contributed by atoms with E-state index in [2.05, 4.69) is 15.3 Å². The molecule has 6 heteroatoms. The van der Waals surface area contributed by atoms with Gasteiger partial charge >= 0.3 is 0 Å². The van der Waals surface area contributed by atoms with Gasteiger partial charge in [0, 0.05) is 31.9 Å². The molecule has 0 aromatic carbocycles. The van der Waals surface area contributed by atoms with Crippen LogP contribution in [-0.2, 0) is 11.3 Å². The van der Waals surface area contributed by atoms with Gasteiger partial charge in [-0.15, -0.1) is 0 Å². The lowest BCUT2D eigenvalue weighted by Crippen LogP contribution is -2.31. The first-order valence-electron chi connectivity index (χ1n) is 7.02. The molecule has 2 aromatic heterocycles. The molecule has 0 radical (unpaired) electrons. The quantitative estimate of drug-likeness (QED) is 0.921. The van der Waals surface area contributed by atoms with Gasteiger partial charge in [0.1, 0.15) is 0 Å². The highest BCUT2D eigenvalue weighted by molar-refractivity contribution is 5.76. The summed E-state index contributed by atoms with van der Waals surface area (Å²) in [5.74, 6) is 0.190. The number of carbonyl (C=O) groups is 1. The molecule has 20 heavy (non-hydrogen) atoms. The number of nitrogens with zero attached hydrogens (tertiary/aromatic N) is 4. The molecule has 1 saturated heterocycles. The topological polar surface area (TPSA) is 66.8 Å². The van der Waals surface area contributed by atoms with Gasteiger partial charge in [-0.3, -0.25) is 14.6 Å². The third-order valence-electron chi connectivity index (χ3n) is 3.77. The maximum absolute atomic E-state index is 12.4. The van der Waals surface area contributed by atoms with Crippen molar-refractivity contribution < 1.29 is 4.79 Å². The molecule has 3 rings (SSSR count). The van der Waals surface area contributed by atoms with Gasteiger partial charge in [-0.05, 0) is 31.4 Å². The Kier molecular flexibility index (Phi) is 3.54. The standard InChI is InChI=1S/C14H19N5O/c1-11-9-16-18(10-11)8-5-14(20)19-7-2-3-13(19)12-4-6-15-17-12/h4,6,9-10,13H,2-3,5,7-8H2,1H3,(H,15,17). The number of carbonyl (C=O) groups excluding carboxylic acids is 1. The van der Waals surface area contributed by atoms with Gasteiger partial charge in [-0.25, -0.2) is 0 Å². The molecule has 1 unspecified atom stereocenters. The van der Waals surface area contributed by atoms with E-state index in [0.717, 1.165) is 30.6 Å². The molecule has 0 aliphatic carbocycles. The Morgan fingerprint density at radius 3 is 3.15 bits per heavy atom. The van der Waals surface area contributed by atoms with E-state index >= 15 is 0 Å². The Labute approximate surface area is 117 Å². The summed E-state index contributed by atoms with van der Waals surface area (Å²) < 4.78 is 1.83. The van der Waals surface area contributed by atoms with Crippen LogP contribution in [0.3, 0.4) is 0 Å². The summed E-state index contributed by atoms with van der Waals surface area (Å²) in [5.41, 5.74) is 2.15. The number of rotatable bonds is 4. The molecule has 3 heterocycles. The Bertz CT molecular complexity index is 574. The summed E-state index contributed by atoms with van der Waals surface area (Å²) in [6.07, 6.45) is 8.07. The molecule has 6 nitrogen and oxygen atoms in total. The second kappa shape index (κ2) is 5.48. The SMILES string of the molecule is Cc1cnn(CCC(=O)N2CCCC2c2ccn[nH]2)c1. The van der Waals surface area contributed by atoms with E-state index in [4.69, 9.17) is 0 Å². The molecule has 0 saturated carbocycles. The minimum absolute atomic E-state index is 0.157. The normalized spacial score (nSPS) is 18.6. The first-order valence-corrected chi connectivity index (χ1v) is 7.02. The highest BCUT2D eigenvalue weighted by Gasteiger charge is 2.30. The van der Waals surface area contributed by atoms with Crippen LogP contribution >= 0.6 is 0 Å². The molecule has 0 bridgehead atoms. The molecule has 1 atom stereocenters. The number of hydrogen-bond acceptors (Lipinski definition) is 3. The minimum Gasteiger partial charge on any atom is -0.334 e. The van der Waals surface area contributed by atoms with E-state index in [9.17, 15) is 4.79 Å². The third kappa shape index (κ3) is 2.59. The summed E-state index contributed by atoms with van der Waals surface area (Å²) >= 11 is 0. The van der Waals surface area contributed by atoms with Crippen molar-refractivity contribution in [3.63, 3.8) is 0 Å². The predicted molar refractivity (Wildman–Crippen MR) is 73.9 cm³/mol. The molecule has 1 amide bonds. The summed E-state index contributed by atoms with van der Waals surface area (Å²) in [4.78, 5) is 14.3. The van der Waals surface area contributed by atoms with Crippen molar-refractivity contribution in [2.75, 3.05) is 6.54 Å². The maximum atomic E-state index is 12.4. The van der Waals surface area contributed by atoms with Gasteiger partial charge in [-0.1, -0.05) is 0 Å². The van der Waals surface area contributed by atoms with Crippen molar-refractivity contribution in [2.45, 2.75) is 38.8 Å². The minimum atomic E-state index is 0.157. The monoisotopic (exact) mass is 273 g/mol. The highest BCUT2D eigenvalue weighted by atomic mass is 16.2. The van der Waals surface area contributed by atoms with Crippen LogP contribution in [0.2, 0.25) is 0 Å². The van der Waals surface area contributed by atoms with Crippen LogP contribution in [0.4, 0.5) is 0 Å². The molecule has 1 aliphatic rings. The fourth-order valence-electron chi connectivity index (χ4n) is 2.78. The summed E-state index contributed by atoms with van der Waals surface area (Å²) in [6.45, 7) is 3.47. The number of amides is 1. The lowest BCUT2D eigenvalue weighted by atomic mass is 10.1. The fourth-order valence-corrected chi connectivity index (χ4v) is 2.78. The zero-order valence-electron chi connectivity index (χ0n) is 11.6. The summed E-state index contributed by atoms with van der Waals surface area (Å²) in [6, 6.07) is 2.11. The number of hydrogen-bond donors (Lipinski definition) is 1. The van der Waals surface area contributed by atoms with E-state index in [1.165, 1.54) is 0 Å². The largest absolute Gasteiger partial charge is 0.334 e. The van der Waals surface area contributed by atoms with Crippen molar-refractivity contribution >= 4 is 5.91 Å². The molecule has 106 valence electrons. The second-order valence-corrected chi connectivity index (χ2v) is 5.29. The molecule has 1 aliphatic heterocycles. The van der Waals surface area contributed by atoms with Crippen LogP contribution in [0.1, 0.15) is 36.6 Å². The zero-order valence-corrected chi connectivity index (χ0v) is 11.6. The van der Waals surface area contributed by atoms with Gasteiger partial charge in [0.15, 0.2) is 0 Å². The van der Waals surface area contributed by atoms with Crippen LogP contribution in [-0.4, -0.2) is 37.3 Å². The van der Waals surface area contributed by atoms with E-state index in [1.54, 1.807) is 6.20 Å². The average Bonchev–Trinajstić information content (AvgIpc) is 3.16. The van der Waals surface area contributed by atoms with Crippen molar-refractivity contribution in [3.05, 3.63) is 35.9 Å². The summed E-state index contributed by atoms with van der Waals surface area (Å²) in [7, 11) is 0. The van der Waals surface area contributed by atoms with Gasteiger partial charge in [0.25, 0.3) is 0 Å². The van der Waals surface area contributed by atoms with Gasteiger partial charge < -0.3 is 4.90 Å². The molecular formula is C14H19N5O. The number of likely N-dealkylation sites (tertiary alicyclic amines) is 1. The summed E-state index contributed by atoms with van der Waals surface area (Å²) in [5, 5.41) is 11.2. The maximum Gasteiger partial charge on any atom is 0.224 e. The smallest absolute Gasteiger partial charge is 0.224 e. The number of H-pyrrole nitrogens is 1. The van der Waals surface area contributed by atoms with Crippen molar-refractivity contribution in [1.82, 2.24) is 24.9 Å². The lowest BCUT2D eigenvalue weighted by Gasteiger charge is -2.23. The van der Waals surface area contributed by atoms with Crippen LogP contribution in [0.15, 0.2) is 24.7 Å². The first-order chi connectivity index (χ1) is 9.74. The van der Waals surface area contributed by atoms with E-state index in [-0.39, 0.29) is 11.9 Å². The first kappa shape index (κ1) is 12.9. The van der Waals surface area contributed by atoms with Crippen LogP contribution < -0.4 is 0 Å². The molecule has 0 spiro atoms.